The smallest absolute Gasteiger partial charge is 0.253 e. The van der Waals surface area contributed by atoms with Crippen LogP contribution in [0.2, 0.25) is 0 Å². The molecule has 1 aliphatic rings. The number of terminal acetylenes is 1. The van der Waals surface area contributed by atoms with Crippen molar-refractivity contribution in [2.24, 2.45) is 0 Å². The van der Waals surface area contributed by atoms with Gasteiger partial charge in [0, 0.05) is 31.3 Å². The van der Waals surface area contributed by atoms with Crippen LogP contribution >= 0.6 is 0 Å². The lowest BCUT2D eigenvalue weighted by atomic mass is 10.1. The van der Waals surface area contributed by atoms with Gasteiger partial charge in [-0.2, -0.15) is 0 Å². The van der Waals surface area contributed by atoms with E-state index in [4.69, 9.17) is 11.2 Å². The van der Waals surface area contributed by atoms with Crippen LogP contribution in [-0.4, -0.2) is 37.1 Å². The molecule has 0 atom stereocenters. The zero-order valence-corrected chi connectivity index (χ0v) is 10.6. The summed E-state index contributed by atoms with van der Waals surface area (Å²) >= 11 is 0. The Kier molecular flexibility index (Phi) is 4.01. The summed E-state index contributed by atoms with van der Waals surface area (Å²) in [6.45, 7) is 1.50. The first-order valence-corrected chi connectivity index (χ1v) is 6.13. The lowest BCUT2D eigenvalue weighted by Crippen LogP contribution is -2.40. The van der Waals surface area contributed by atoms with Gasteiger partial charge in [-0.1, -0.05) is 12.0 Å². The molecule has 0 spiro atoms. The molecule has 3 nitrogen and oxygen atoms in total. The third kappa shape index (κ3) is 2.72. The van der Waals surface area contributed by atoms with E-state index in [2.05, 4.69) is 5.92 Å². The third-order valence-electron chi connectivity index (χ3n) is 3.34. The summed E-state index contributed by atoms with van der Waals surface area (Å²) < 4.78 is 5.30. The van der Waals surface area contributed by atoms with Crippen LogP contribution in [0.5, 0.6) is 0 Å². The molecule has 1 aliphatic heterocycles. The first-order chi connectivity index (χ1) is 8.74. The molecule has 1 fully saturated rings. The summed E-state index contributed by atoms with van der Waals surface area (Å²) in [5.41, 5.74) is 1.41. The third-order valence-corrected chi connectivity index (χ3v) is 3.34. The normalized spacial score (nSPS) is 16.3. The molecule has 1 saturated heterocycles. The number of benzene rings is 1. The number of nitrogens with zero attached hydrogens (tertiary/aromatic N) is 1. The highest BCUT2D eigenvalue weighted by Gasteiger charge is 2.23. The van der Waals surface area contributed by atoms with Gasteiger partial charge in [-0.3, -0.25) is 4.79 Å². The van der Waals surface area contributed by atoms with Crippen molar-refractivity contribution in [3.63, 3.8) is 0 Å². The Hall–Kier alpha value is -1.79. The van der Waals surface area contributed by atoms with E-state index in [1.54, 1.807) is 13.2 Å². The number of carbonyl (C=O) groups excluding carboxylic acids is 1. The number of hydrogen-bond acceptors (Lipinski definition) is 2. The van der Waals surface area contributed by atoms with Crippen LogP contribution in [-0.2, 0) is 4.74 Å². The van der Waals surface area contributed by atoms with Crippen LogP contribution in [0.3, 0.4) is 0 Å². The molecule has 1 aromatic carbocycles. The molecule has 18 heavy (non-hydrogen) atoms. The molecule has 0 N–H and O–H groups in total. The fraction of sp³-hybridized carbons (Fsp3) is 0.400. The number of ether oxygens (including phenoxy) is 1. The van der Waals surface area contributed by atoms with Crippen LogP contribution in [0, 0.1) is 12.3 Å². The van der Waals surface area contributed by atoms with Crippen molar-refractivity contribution in [3.8, 4) is 12.3 Å². The number of hydrogen-bond donors (Lipinski definition) is 0. The molecule has 0 aromatic heterocycles. The summed E-state index contributed by atoms with van der Waals surface area (Å²) in [5, 5.41) is 0. The summed E-state index contributed by atoms with van der Waals surface area (Å²) in [6, 6.07) is 7.23. The van der Waals surface area contributed by atoms with Gasteiger partial charge in [0.1, 0.15) is 0 Å². The molecule has 3 heteroatoms. The molecule has 0 aliphatic carbocycles. The number of amides is 1. The largest absolute Gasteiger partial charge is 0.381 e. The topological polar surface area (TPSA) is 29.5 Å². The van der Waals surface area contributed by atoms with Crippen molar-refractivity contribution in [1.29, 1.82) is 0 Å². The molecule has 1 aromatic rings. The van der Waals surface area contributed by atoms with Crippen LogP contribution in [0.4, 0.5) is 0 Å². The van der Waals surface area contributed by atoms with Crippen molar-refractivity contribution in [2.75, 3.05) is 20.2 Å². The van der Waals surface area contributed by atoms with Crippen LogP contribution < -0.4 is 0 Å². The lowest BCUT2D eigenvalue weighted by Gasteiger charge is -2.31. The minimum absolute atomic E-state index is 0.0571. The number of piperidine rings is 1. The van der Waals surface area contributed by atoms with Crippen LogP contribution in [0.25, 0.3) is 0 Å². The predicted octanol–water partition coefficient (Wildman–Crippen LogP) is 1.92. The van der Waals surface area contributed by atoms with E-state index < -0.39 is 0 Å². The van der Waals surface area contributed by atoms with Crippen molar-refractivity contribution in [3.05, 3.63) is 35.4 Å². The summed E-state index contributed by atoms with van der Waals surface area (Å²) in [4.78, 5) is 14.1. The zero-order chi connectivity index (χ0) is 13.0. The number of rotatable bonds is 2. The molecule has 2 rings (SSSR count). The quantitative estimate of drug-likeness (QED) is 0.743. The average molecular weight is 243 g/mol. The molecule has 1 heterocycles. The Morgan fingerprint density at radius 2 is 2.17 bits per heavy atom. The van der Waals surface area contributed by atoms with Gasteiger partial charge in [-0.25, -0.2) is 0 Å². The SMILES string of the molecule is C#Cc1cccc(C(=O)N2CCC(OC)CC2)c1. The molecule has 0 unspecified atom stereocenters. The van der Waals surface area contributed by atoms with Crippen molar-refractivity contribution in [1.82, 2.24) is 4.90 Å². The van der Waals surface area contributed by atoms with E-state index in [9.17, 15) is 4.79 Å². The Morgan fingerprint density at radius 1 is 1.44 bits per heavy atom. The summed E-state index contributed by atoms with van der Waals surface area (Å²) in [5.74, 6) is 2.61. The van der Waals surface area contributed by atoms with Gasteiger partial charge in [-0.15, -0.1) is 6.42 Å². The van der Waals surface area contributed by atoms with Crippen molar-refractivity contribution >= 4 is 5.91 Å². The van der Waals surface area contributed by atoms with Crippen LogP contribution in [0.15, 0.2) is 24.3 Å². The fourth-order valence-electron chi connectivity index (χ4n) is 2.22. The lowest BCUT2D eigenvalue weighted by molar-refractivity contribution is 0.0351. The Bertz CT molecular complexity index is 468. The summed E-state index contributed by atoms with van der Waals surface area (Å²) in [6.07, 6.45) is 7.43. The Balaban J connectivity index is 2.06. The van der Waals surface area contributed by atoms with Gasteiger partial charge in [0.05, 0.1) is 6.10 Å². The van der Waals surface area contributed by atoms with E-state index in [0.717, 1.165) is 31.5 Å². The Morgan fingerprint density at radius 3 is 2.78 bits per heavy atom. The monoisotopic (exact) mass is 243 g/mol. The number of carbonyl (C=O) groups is 1. The van der Waals surface area contributed by atoms with Crippen LogP contribution in [0.1, 0.15) is 28.8 Å². The minimum atomic E-state index is 0.0571. The maximum absolute atomic E-state index is 12.3. The van der Waals surface area contributed by atoms with Gasteiger partial charge in [-0.05, 0) is 31.0 Å². The Labute approximate surface area is 108 Å². The highest BCUT2D eigenvalue weighted by molar-refractivity contribution is 5.94. The van der Waals surface area contributed by atoms with Gasteiger partial charge in [0.25, 0.3) is 5.91 Å². The first-order valence-electron chi connectivity index (χ1n) is 6.13. The molecule has 0 bridgehead atoms. The van der Waals surface area contributed by atoms with Gasteiger partial charge in [0.2, 0.25) is 0 Å². The maximum atomic E-state index is 12.3. The second-order valence-electron chi connectivity index (χ2n) is 4.45. The fourth-order valence-corrected chi connectivity index (χ4v) is 2.22. The van der Waals surface area contributed by atoms with E-state index in [1.807, 2.05) is 23.1 Å². The highest BCUT2D eigenvalue weighted by Crippen LogP contribution is 2.16. The summed E-state index contributed by atoms with van der Waals surface area (Å²) in [7, 11) is 1.72. The maximum Gasteiger partial charge on any atom is 0.253 e. The molecule has 94 valence electrons. The standard InChI is InChI=1S/C15H17NO2/c1-3-12-5-4-6-13(11-12)15(17)16-9-7-14(18-2)8-10-16/h1,4-6,11,14H,7-10H2,2H3. The van der Waals surface area contributed by atoms with E-state index >= 15 is 0 Å². The average Bonchev–Trinajstić information content (AvgIpc) is 2.46. The molecular weight excluding hydrogens is 226 g/mol. The number of methoxy groups -OCH3 is 1. The second-order valence-corrected chi connectivity index (χ2v) is 4.45. The molecule has 1 amide bonds. The van der Waals surface area contributed by atoms with E-state index in [0.29, 0.717) is 5.56 Å². The van der Waals surface area contributed by atoms with Gasteiger partial charge >= 0.3 is 0 Å². The van der Waals surface area contributed by atoms with Gasteiger partial charge < -0.3 is 9.64 Å². The van der Waals surface area contributed by atoms with E-state index in [-0.39, 0.29) is 12.0 Å². The predicted molar refractivity (Wildman–Crippen MR) is 70.3 cm³/mol. The van der Waals surface area contributed by atoms with Crippen molar-refractivity contribution in [2.45, 2.75) is 18.9 Å². The first kappa shape index (κ1) is 12.7. The van der Waals surface area contributed by atoms with Crippen molar-refractivity contribution < 1.29 is 9.53 Å². The zero-order valence-electron chi connectivity index (χ0n) is 10.6. The number of likely N-dealkylation sites (tertiary alicyclic amines) is 1. The highest BCUT2D eigenvalue weighted by atomic mass is 16.5. The van der Waals surface area contributed by atoms with Gasteiger partial charge in [0.15, 0.2) is 0 Å². The molecule has 0 radical (unpaired) electrons. The second kappa shape index (κ2) is 5.70. The molecule has 0 saturated carbocycles. The molecular formula is C15H17NO2. The minimum Gasteiger partial charge on any atom is -0.381 e. The van der Waals surface area contributed by atoms with E-state index in [1.165, 1.54) is 0 Å².